The van der Waals surface area contributed by atoms with Crippen molar-refractivity contribution < 1.29 is 18.8 Å². The average molecular weight is 222 g/mol. The molecule has 0 aliphatic rings. The number of carboxylic acid groups (broad SMARTS) is 1. The van der Waals surface area contributed by atoms with Crippen LogP contribution in [0, 0.1) is 12.7 Å². The number of aromatic carboxylic acids is 1. The van der Waals surface area contributed by atoms with Gasteiger partial charge in [-0.2, -0.15) is 4.98 Å². The van der Waals surface area contributed by atoms with Crippen LogP contribution in [0.15, 0.2) is 22.7 Å². The number of carbonyl (C=O) groups is 1. The van der Waals surface area contributed by atoms with E-state index in [-0.39, 0.29) is 11.5 Å². The van der Waals surface area contributed by atoms with Crippen LogP contribution in [0.4, 0.5) is 4.39 Å². The Kier molecular flexibility index (Phi) is 2.40. The first kappa shape index (κ1) is 10.3. The fourth-order valence-electron chi connectivity index (χ4n) is 1.21. The van der Waals surface area contributed by atoms with E-state index < -0.39 is 17.6 Å². The number of carboxylic acids is 1. The summed E-state index contributed by atoms with van der Waals surface area (Å²) in [5, 5.41) is 11.8. The highest BCUT2D eigenvalue weighted by molar-refractivity contribution is 5.83. The minimum absolute atomic E-state index is 0.0885. The minimum atomic E-state index is -1.32. The van der Waals surface area contributed by atoms with Gasteiger partial charge in [0.05, 0.1) is 5.56 Å². The van der Waals surface area contributed by atoms with Crippen molar-refractivity contribution in [1.29, 1.82) is 0 Å². The molecule has 0 saturated carbocycles. The summed E-state index contributed by atoms with van der Waals surface area (Å²) in [5.74, 6) is -2.48. The Bertz CT molecular complexity index is 551. The molecule has 6 heteroatoms. The maximum Gasteiger partial charge on any atom is 0.377 e. The van der Waals surface area contributed by atoms with Gasteiger partial charge in [0.2, 0.25) is 0 Å². The summed E-state index contributed by atoms with van der Waals surface area (Å²) in [6.07, 6.45) is 0. The zero-order valence-corrected chi connectivity index (χ0v) is 8.27. The Morgan fingerprint density at radius 1 is 1.50 bits per heavy atom. The summed E-state index contributed by atoms with van der Waals surface area (Å²) >= 11 is 0. The van der Waals surface area contributed by atoms with Gasteiger partial charge in [-0.15, -0.1) is 0 Å². The minimum Gasteiger partial charge on any atom is -0.475 e. The van der Waals surface area contributed by atoms with Crippen LogP contribution >= 0.6 is 0 Å². The highest BCUT2D eigenvalue weighted by Gasteiger charge is 2.16. The van der Waals surface area contributed by atoms with Crippen LogP contribution in [0.25, 0.3) is 11.5 Å². The van der Waals surface area contributed by atoms with E-state index in [0.29, 0.717) is 0 Å². The molecular weight excluding hydrogens is 215 g/mol. The van der Waals surface area contributed by atoms with Gasteiger partial charge in [0.25, 0.3) is 11.7 Å². The first-order valence-electron chi connectivity index (χ1n) is 4.41. The number of rotatable bonds is 2. The molecule has 0 radical (unpaired) electrons. The third-order valence-electron chi connectivity index (χ3n) is 1.97. The summed E-state index contributed by atoms with van der Waals surface area (Å²) in [6, 6.07) is 4.44. The number of hydrogen-bond donors (Lipinski definition) is 1. The lowest BCUT2D eigenvalue weighted by molar-refractivity contribution is 0.0680. The summed E-state index contributed by atoms with van der Waals surface area (Å²) in [4.78, 5) is 14.1. The monoisotopic (exact) mass is 222 g/mol. The van der Waals surface area contributed by atoms with Gasteiger partial charge in [0.1, 0.15) is 5.82 Å². The van der Waals surface area contributed by atoms with Crippen molar-refractivity contribution in [1.82, 2.24) is 10.1 Å². The van der Waals surface area contributed by atoms with Gasteiger partial charge in [-0.3, -0.25) is 0 Å². The highest BCUT2D eigenvalue weighted by atomic mass is 19.1. The van der Waals surface area contributed by atoms with Crippen molar-refractivity contribution in [2.45, 2.75) is 6.92 Å². The van der Waals surface area contributed by atoms with Gasteiger partial charge >= 0.3 is 5.97 Å². The predicted molar refractivity (Wildman–Crippen MR) is 51.4 cm³/mol. The summed E-state index contributed by atoms with van der Waals surface area (Å²) < 4.78 is 18.1. The van der Waals surface area contributed by atoms with E-state index in [0.717, 1.165) is 5.56 Å². The molecule has 0 amide bonds. The molecule has 1 N–H and O–H groups in total. The molecule has 0 bridgehead atoms. The number of aromatic nitrogens is 2. The van der Waals surface area contributed by atoms with Gasteiger partial charge in [-0.05, 0) is 29.8 Å². The quantitative estimate of drug-likeness (QED) is 0.839. The van der Waals surface area contributed by atoms with Crippen LogP contribution in [0.2, 0.25) is 0 Å². The molecule has 5 nitrogen and oxygen atoms in total. The van der Waals surface area contributed by atoms with Gasteiger partial charge in [0, 0.05) is 0 Å². The number of aryl methyl sites for hydroxylation is 1. The lowest BCUT2D eigenvalue weighted by Crippen LogP contribution is -1.98. The normalized spacial score (nSPS) is 10.4. The zero-order chi connectivity index (χ0) is 11.7. The lowest BCUT2D eigenvalue weighted by Gasteiger charge is -1.97. The van der Waals surface area contributed by atoms with E-state index in [9.17, 15) is 9.18 Å². The molecule has 2 rings (SSSR count). The first-order chi connectivity index (χ1) is 7.58. The molecule has 1 aromatic heterocycles. The average Bonchev–Trinajstić information content (AvgIpc) is 2.66. The standard InChI is InChI=1S/C10H7FN2O3/c1-5-2-3-6(7(11)4-5)9-12-8(10(14)15)13-16-9/h2-4H,1H3,(H,14,15). The molecule has 1 aromatic carbocycles. The van der Waals surface area contributed by atoms with E-state index in [4.69, 9.17) is 5.11 Å². The van der Waals surface area contributed by atoms with E-state index in [2.05, 4.69) is 14.7 Å². The highest BCUT2D eigenvalue weighted by Crippen LogP contribution is 2.21. The van der Waals surface area contributed by atoms with Gasteiger partial charge in [-0.1, -0.05) is 6.07 Å². The third kappa shape index (κ3) is 1.77. The van der Waals surface area contributed by atoms with Gasteiger partial charge < -0.3 is 9.63 Å². The van der Waals surface area contributed by atoms with Gasteiger partial charge in [0.15, 0.2) is 0 Å². The molecule has 0 spiro atoms. The van der Waals surface area contributed by atoms with Crippen LogP contribution in [-0.4, -0.2) is 21.2 Å². The first-order valence-corrected chi connectivity index (χ1v) is 4.41. The van der Waals surface area contributed by atoms with Crippen LogP contribution in [-0.2, 0) is 0 Å². The largest absolute Gasteiger partial charge is 0.475 e. The summed E-state index contributed by atoms with van der Waals surface area (Å²) in [6.45, 7) is 1.74. The van der Waals surface area contributed by atoms with Crippen molar-refractivity contribution in [2.24, 2.45) is 0 Å². The SMILES string of the molecule is Cc1ccc(-c2nc(C(=O)O)no2)c(F)c1. The Morgan fingerprint density at radius 3 is 2.81 bits per heavy atom. The van der Waals surface area contributed by atoms with Crippen LogP contribution in [0.1, 0.15) is 16.2 Å². The molecule has 0 atom stereocenters. The van der Waals surface area contributed by atoms with Crippen LogP contribution in [0.3, 0.4) is 0 Å². The fraction of sp³-hybridized carbons (Fsp3) is 0.100. The van der Waals surface area contributed by atoms with Crippen molar-refractivity contribution in [3.05, 3.63) is 35.4 Å². The predicted octanol–water partition coefficient (Wildman–Crippen LogP) is 1.88. The zero-order valence-electron chi connectivity index (χ0n) is 8.27. The molecule has 0 fully saturated rings. The number of benzene rings is 1. The van der Waals surface area contributed by atoms with E-state index in [1.165, 1.54) is 12.1 Å². The Labute approximate surface area is 89.5 Å². The number of hydrogen-bond acceptors (Lipinski definition) is 4. The van der Waals surface area contributed by atoms with Crippen molar-refractivity contribution in [3.63, 3.8) is 0 Å². The molecule has 0 aliphatic carbocycles. The second-order valence-electron chi connectivity index (χ2n) is 3.21. The Morgan fingerprint density at radius 2 is 2.25 bits per heavy atom. The summed E-state index contributed by atoms with van der Waals surface area (Å²) in [7, 11) is 0. The van der Waals surface area contributed by atoms with Gasteiger partial charge in [-0.25, -0.2) is 9.18 Å². The Balaban J connectivity index is 2.46. The van der Waals surface area contributed by atoms with Crippen LogP contribution in [0.5, 0.6) is 0 Å². The lowest BCUT2D eigenvalue weighted by atomic mass is 10.1. The molecule has 0 aliphatic heterocycles. The molecule has 2 aromatic rings. The molecule has 16 heavy (non-hydrogen) atoms. The molecular formula is C10H7FN2O3. The second kappa shape index (κ2) is 3.73. The van der Waals surface area contributed by atoms with E-state index in [1.807, 2.05) is 0 Å². The molecule has 0 saturated heterocycles. The maximum atomic E-state index is 13.5. The van der Waals surface area contributed by atoms with Crippen molar-refractivity contribution in [3.8, 4) is 11.5 Å². The topological polar surface area (TPSA) is 76.2 Å². The number of halogens is 1. The second-order valence-corrected chi connectivity index (χ2v) is 3.21. The summed E-state index contributed by atoms with van der Waals surface area (Å²) in [5.41, 5.74) is 0.838. The maximum absolute atomic E-state index is 13.5. The number of nitrogens with zero attached hydrogens (tertiary/aromatic N) is 2. The van der Waals surface area contributed by atoms with E-state index >= 15 is 0 Å². The third-order valence-corrected chi connectivity index (χ3v) is 1.97. The molecule has 0 unspecified atom stereocenters. The van der Waals surface area contributed by atoms with Crippen molar-refractivity contribution in [2.75, 3.05) is 0 Å². The fourth-order valence-corrected chi connectivity index (χ4v) is 1.21. The molecule has 82 valence electrons. The smallest absolute Gasteiger partial charge is 0.377 e. The van der Waals surface area contributed by atoms with E-state index in [1.54, 1.807) is 13.0 Å². The van der Waals surface area contributed by atoms with Crippen LogP contribution < -0.4 is 0 Å². The molecule has 1 heterocycles. The Hall–Kier alpha value is -2.24. The van der Waals surface area contributed by atoms with Crippen molar-refractivity contribution >= 4 is 5.97 Å².